The highest BCUT2D eigenvalue weighted by atomic mass is 19.4. The van der Waals surface area contributed by atoms with E-state index in [9.17, 15) is 13.2 Å². The van der Waals surface area contributed by atoms with Crippen molar-refractivity contribution in [3.8, 4) is 11.8 Å². The maximum absolute atomic E-state index is 11.9. The average molecular weight is 194 g/mol. The predicted molar refractivity (Wildman–Crippen MR) is 35.1 cm³/mol. The van der Waals surface area contributed by atoms with E-state index in [1.807, 2.05) is 0 Å². The summed E-state index contributed by atoms with van der Waals surface area (Å²) in [7, 11) is 0. The Morgan fingerprint density at radius 2 is 1.46 bits per heavy atom. The molecule has 0 atom stereocenters. The maximum Gasteiger partial charge on any atom is 0.451 e. The minimum atomic E-state index is -4.78. The van der Waals surface area contributed by atoms with Gasteiger partial charge in [0.05, 0.1) is 5.56 Å². The van der Waals surface area contributed by atoms with Crippen molar-refractivity contribution < 1.29 is 23.4 Å². The molecule has 0 aliphatic rings. The van der Waals surface area contributed by atoms with E-state index in [1.54, 1.807) is 0 Å². The normalized spacial score (nSPS) is 11.7. The molecule has 72 valence electrons. The molecule has 2 N–H and O–H groups in total. The van der Waals surface area contributed by atoms with Crippen LogP contribution in [-0.2, 0) is 6.18 Å². The third kappa shape index (κ3) is 1.79. The first-order chi connectivity index (χ1) is 5.82. The molecule has 1 aromatic rings. The van der Waals surface area contributed by atoms with E-state index in [4.69, 9.17) is 10.2 Å². The van der Waals surface area contributed by atoms with Crippen molar-refractivity contribution in [2.75, 3.05) is 0 Å². The Kier molecular flexibility index (Phi) is 2.02. The van der Waals surface area contributed by atoms with Gasteiger partial charge in [-0.15, -0.1) is 0 Å². The van der Waals surface area contributed by atoms with Gasteiger partial charge in [0.25, 0.3) is 0 Å². The van der Waals surface area contributed by atoms with Crippen molar-refractivity contribution >= 4 is 0 Å². The highest BCUT2D eigenvalue weighted by molar-refractivity contribution is 5.32. The Labute approximate surface area is 70.7 Å². The lowest BCUT2D eigenvalue weighted by molar-refractivity contribution is -0.145. The standard InChI is InChI=1S/C6H5F3N2O2/c1-2-3(12)10-5(6(7,8)9)11-4(2)13/h1H3,(H2,10,11,12,13). The van der Waals surface area contributed by atoms with Gasteiger partial charge in [-0.05, 0) is 6.92 Å². The van der Waals surface area contributed by atoms with E-state index in [1.165, 1.54) is 6.92 Å². The van der Waals surface area contributed by atoms with Crippen molar-refractivity contribution in [2.24, 2.45) is 0 Å². The van der Waals surface area contributed by atoms with Crippen LogP contribution in [0.1, 0.15) is 11.4 Å². The maximum atomic E-state index is 11.9. The van der Waals surface area contributed by atoms with Crippen LogP contribution in [0.5, 0.6) is 11.8 Å². The van der Waals surface area contributed by atoms with Crippen molar-refractivity contribution in [1.82, 2.24) is 9.97 Å². The molecule has 1 aromatic heterocycles. The zero-order valence-corrected chi connectivity index (χ0v) is 6.42. The van der Waals surface area contributed by atoms with Crippen LogP contribution >= 0.6 is 0 Å². The lowest BCUT2D eigenvalue weighted by Gasteiger charge is -2.06. The van der Waals surface area contributed by atoms with E-state index in [0.29, 0.717) is 0 Å². The van der Waals surface area contributed by atoms with Crippen molar-refractivity contribution in [1.29, 1.82) is 0 Å². The summed E-state index contributed by atoms with van der Waals surface area (Å²) in [6.45, 7) is 1.20. The van der Waals surface area contributed by atoms with Crippen LogP contribution in [0.25, 0.3) is 0 Å². The Balaban J connectivity index is 3.29. The van der Waals surface area contributed by atoms with Crippen molar-refractivity contribution in [2.45, 2.75) is 13.1 Å². The van der Waals surface area contributed by atoms with Crippen LogP contribution in [0.15, 0.2) is 0 Å². The lowest BCUT2D eigenvalue weighted by atomic mass is 10.3. The molecule has 4 nitrogen and oxygen atoms in total. The van der Waals surface area contributed by atoms with Crippen LogP contribution in [0.3, 0.4) is 0 Å². The molecule has 0 spiro atoms. The smallest absolute Gasteiger partial charge is 0.451 e. The summed E-state index contributed by atoms with van der Waals surface area (Å²) >= 11 is 0. The van der Waals surface area contributed by atoms with Gasteiger partial charge in [-0.3, -0.25) is 0 Å². The fraction of sp³-hybridized carbons (Fsp3) is 0.333. The highest BCUT2D eigenvalue weighted by Gasteiger charge is 2.36. The first-order valence-corrected chi connectivity index (χ1v) is 3.16. The highest BCUT2D eigenvalue weighted by Crippen LogP contribution is 2.30. The molecular weight excluding hydrogens is 189 g/mol. The average Bonchev–Trinajstić information content (AvgIpc) is 1.97. The van der Waals surface area contributed by atoms with Gasteiger partial charge in [0, 0.05) is 0 Å². The predicted octanol–water partition coefficient (Wildman–Crippen LogP) is 1.22. The number of alkyl halides is 3. The van der Waals surface area contributed by atoms with E-state index in [0.717, 1.165) is 0 Å². The van der Waals surface area contributed by atoms with Crippen molar-refractivity contribution in [3.05, 3.63) is 11.4 Å². The van der Waals surface area contributed by atoms with Crippen LogP contribution in [-0.4, -0.2) is 20.2 Å². The van der Waals surface area contributed by atoms with Gasteiger partial charge in [-0.25, -0.2) is 0 Å². The molecule has 7 heteroatoms. The number of aromatic hydroxyl groups is 2. The monoisotopic (exact) mass is 194 g/mol. The Morgan fingerprint density at radius 3 is 1.77 bits per heavy atom. The summed E-state index contributed by atoms with van der Waals surface area (Å²) < 4.78 is 35.8. The summed E-state index contributed by atoms with van der Waals surface area (Å²) in [5.41, 5.74) is -0.187. The molecule has 0 unspecified atom stereocenters. The number of aromatic nitrogens is 2. The second-order valence-electron chi connectivity index (χ2n) is 2.32. The van der Waals surface area contributed by atoms with Crippen molar-refractivity contribution in [3.63, 3.8) is 0 Å². The minimum absolute atomic E-state index is 0.187. The number of hydrogen-bond acceptors (Lipinski definition) is 4. The van der Waals surface area contributed by atoms with E-state index in [-0.39, 0.29) is 5.56 Å². The van der Waals surface area contributed by atoms with Crippen LogP contribution in [0, 0.1) is 6.92 Å². The molecule has 13 heavy (non-hydrogen) atoms. The van der Waals surface area contributed by atoms with Gasteiger partial charge in [0.2, 0.25) is 17.6 Å². The largest absolute Gasteiger partial charge is 0.493 e. The second-order valence-corrected chi connectivity index (χ2v) is 2.32. The third-order valence-corrected chi connectivity index (χ3v) is 1.35. The second kappa shape index (κ2) is 2.75. The van der Waals surface area contributed by atoms with Gasteiger partial charge < -0.3 is 10.2 Å². The Bertz CT molecular complexity index is 314. The van der Waals surface area contributed by atoms with Gasteiger partial charge in [-0.1, -0.05) is 0 Å². The number of nitrogens with zero attached hydrogens (tertiary/aromatic N) is 2. The molecule has 1 heterocycles. The summed E-state index contributed by atoms with van der Waals surface area (Å²) in [6, 6.07) is 0. The zero-order valence-electron chi connectivity index (χ0n) is 6.42. The molecule has 0 aliphatic heterocycles. The number of hydrogen-bond donors (Lipinski definition) is 2. The lowest BCUT2D eigenvalue weighted by Crippen LogP contribution is -2.11. The molecular formula is C6H5F3N2O2. The van der Waals surface area contributed by atoms with E-state index >= 15 is 0 Å². The van der Waals surface area contributed by atoms with E-state index < -0.39 is 23.8 Å². The summed E-state index contributed by atoms with van der Waals surface area (Å²) in [5.74, 6) is -3.31. The van der Waals surface area contributed by atoms with Gasteiger partial charge >= 0.3 is 6.18 Å². The zero-order chi connectivity index (χ0) is 10.2. The van der Waals surface area contributed by atoms with Crippen LogP contribution in [0.4, 0.5) is 13.2 Å². The molecule has 0 saturated heterocycles. The van der Waals surface area contributed by atoms with Crippen LogP contribution in [0.2, 0.25) is 0 Å². The first-order valence-electron chi connectivity index (χ1n) is 3.16. The Hall–Kier alpha value is -1.53. The van der Waals surface area contributed by atoms with Gasteiger partial charge in [-0.2, -0.15) is 23.1 Å². The molecule has 0 radical (unpaired) electrons. The molecule has 0 aliphatic carbocycles. The SMILES string of the molecule is Cc1c(O)nc(C(F)(F)F)nc1O. The molecule has 1 rings (SSSR count). The first kappa shape index (κ1) is 9.56. The molecule has 0 fully saturated rings. The minimum Gasteiger partial charge on any atom is -0.493 e. The molecule has 0 bridgehead atoms. The number of rotatable bonds is 0. The van der Waals surface area contributed by atoms with Crippen LogP contribution < -0.4 is 0 Å². The Morgan fingerprint density at radius 1 is 1.08 bits per heavy atom. The molecule has 0 saturated carbocycles. The third-order valence-electron chi connectivity index (χ3n) is 1.35. The fourth-order valence-electron chi connectivity index (χ4n) is 0.620. The summed E-state index contributed by atoms with van der Waals surface area (Å²) in [5, 5.41) is 17.7. The quantitative estimate of drug-likeness (QED) is 0.651. The summed E-state index contributed by atoms with van der Waals surface area (Å²) in [4.78, 5) is 5.53. The van der Waals surface area contributed by atoms with Gasteiger partial charge in [0.15, 0.2) is 0 Å². The van der Waals surface area contributed by atoms with Gasteiger partial charge in [0.1, 0.15) is 0 Å². The fourth-order valence-corrected chi connectivity index (χ4v) is 0.620. The topological polar surface area (TPSA) is 66.2 Å². The molecule has 0 aromatic carbocycles. The number of halogens is 3. The molecule has 0 amide bonds. The van der Waals surface area contributed by atoms with E-state index in [2.05, 4.69) is 9.97 Å². The summed E-state index contributed by atoms with van der Waals surface area (Å²) in [6.07, 6.45) is -4.78.